The van der Waals surface area contributed by atoms with E-state index in [2.05, 4.69) is 4.98 Å². The quantitative estimate of drug-likeness (QED) is 0.774. The molecule has 2 aromatic rings. The Morgan fingerprint density at radius 3 is 2.20 bits per heavy atom. The van der Waals surface area contributed by atoms with Crippen LogP contribution in [0, 0.1) is 5.92 Å². The van der Waals surface area contributed by atoms with Crippen LogP contribution in [0.1, 0.15) is 52.8 Å². The van der Waals surface area contributed by atoms with E-state index in [9.17, 15) is 9.59 Å². The number of benzene rings is 1. The van der Waals surface area contributed by atoms with Crippen molar-refractivity contribution in [3.8, 4) is 0 Å². The molecule has 1 heterocycles. The molecule has 4 rings (SSSR count). The summed E-state index contributed by atoms with van der Waals surface area (Å²) in [6.07, 6.45) is 7.15. The third kappa shape index (κ3) is 3.07. The molecule has 0 amide bonds. The molecule has 0 bridgehead atoms. The van der Waals surface area contributed by atoms with Gasteiger partial charge in [0.1, 0.15) is 5.03 Å². The summed E-state index contributed by atoms with van der Waals surface area (Å²) in [5.74, 6) is 0.178. The summed E-state index contributed by atoms with van der Waals surface area (Å²) in [6, 6.07) is 12.8. The van der Waals surface area contributed by atoms with Gasteiger partial charge in [-0.2, -0.15) is 0 Å². The number of carbonyl (C=O) groups excluding carboxylic acids is 2. The van der Waals surface area contributed by atoms with Gasteiger partial charge in [-0.1, -0.05) is 61.4 Å². The van der Waals surface area contributed by atoms with E-state index in [1.807, 2.05) is 30.3 Å². The molecule has 0 aliphatic heterocycles. The highest BCUT2D eigenvalue weighted by Crippen LogP contribution is 2.42. The molecule has 126 valence electrons. The molecule has 1 aromatic carbocycles. The highest BCUT2D eigenvalue weighted by Gasteiger charge is 2.36. The van der Waals surface area contributed by atoms with E-state index >= 15 is 0 Å². The smallest absolute Gasteiger partial charge is 0.200 e. The van der Waals surface area contributed by atoms with Gasteiger partial charge >= 0.3 is 0 Å². The van der Waals surface area contributed by atoms with Crippen LogP contribution in [-0.2, 0) is 0 Å². The molecule has 0 unspecified atom stereocenters. The second-order valence-electron chi connectivity index (χ2n) is 6.55. The average Bonchev–Trinajstić information content (AvgIpc) is 2.68. The molecule has 4 heteroatoms. The predicted molar refractivity (Wildman–Crippen MR) is 98.8 cm³/mol. The minimum atomic E-state index is -0.0357. The Kier molecular flexibility index (Phi) is 4.53. The molecular formula is C21H19NO2S. The first-order chi connectivity index (χ1) is 12.3. The zero-order valence-electron chi connectivity index (χ0n) is 13.9. The van der Waals surface area contributed by atoms with E-state index in [-0.39, 0.29) is 17.5 Å². The fraction of sp³-hybridized carbons (Fsp3) is 0.286. The Bertz CT molecular complexity index is 851. The number of carbonyl (C=O) groups is 2. The number of nitrogens with zero attached hydrogens (tertiary/aromatic N) is 1. The van der Waals surface area contributed by atoms with Crippen molar-refractivity contribution < 1.29 is 9.59 Å². The molecule has 0 saturated heterocycles. The maximum Gasteiger partial charge on any atom is 0.200 e. The summed E-state index contributed by atoms with van der Waals surface area (Å²) < 4.78 is 0. The standard InChI is InChI=1S/C21H19NO2S/c23-19-15-10-4-5-11-16(15)20(24)21(25-17-12-6-7-13-22-17)18(19)14-8-2-1-3-9-14/h4-7,10-14H,1-3,8-9H2. The third-order valence-corrected chi connectivity index (χ3v) is 6.03. The van der Waals surface area contributed by atoms with Crippen LogP contribution in [-0.4, -0.2) is 16.6 Å². The fourth-order valence-corrected chi connectivity index (χ4v) is 4.79. The first kappa shape index (κ1) is 16.3. The van der Waals surface area contributed by atoms with Crippen LogP contribution in [0.5, 0.6) is 0 Å². The Morgan fingerprint density at radius 2 is 1.52 bits per heavy atom. The van der Waals surface area contributed by atoms with E-state index in [0.29, 0.717) is 16.0 Å². The topological polar surface area (TPSA) is 47.0 Å². The lowest BCUT2D eigenvalue weighted by atomic mass is 9.77. The molecule has 1 saturated carbocycles. The summed E-state index contributed by atoms with van der Waals surface area (Å²) in [5.41, 5.74) is 1.79. The normalized spacial score (nSPS) is 18.4. The number of rotatable bonds is 3. The number of pyridine rings is 1. The molecule has 3 nitrogen and oxygen atoms in total. The van der Waals surface area contributed by atoms with Gasteiger partial charge < -0.3 is 0 Å². The van der Waals surface area contributed by atoms with Crippen LogP contribution in [0.2, 0.25) is 0 Å². The van der Waals surface area contributed by atoms with Gasteiger partial charge in [0.25, 0.3) is 0 Å². The van der Waals surface area contributed by atoms with Gasteiger partial charge in [0.15, 0.2) is 5.78 Å². The van der Waals surface area contributed by atoms with Crippen molar-refractivity contribution in [2.24, 2.45) is 5.92 Å². The second-order valence-corrected chi connectivity index (χ2v) is 7.58. The van der Waals surface area contributed by atoms with Gasteiger partial charge in [-0.25, -0.2) is 4.98 Å². The zero-order chi connectivity index (χ0) is 17.2. The molecule has 0 atom stereocenters. The summed E-state index contributed by atoms with van der Waals surface area (Å²) in [7, 11) is 0. The lowest BCUT2D eigenvalue weighted by molar-refractivity contribution is 0.0968. The van der Waals surface area contributed by atoms with Crippen LogP contribution in [0.15, 0.2) is 64.2 Å². The molecule has 1 fully saturated rings. The van der Waals surface area contributed by atoms with Crippen molar-refractivity contribution in [1.29, 1.82) is 0 Å². The number of allylic oxidation sites excluding steroid dienone is 2. The number of ketones is 2. The summed E-state index contributed by atoms with van der Waals surface area (Å²) in [4.78, 5) is 31.3. The lowest BCUT2D eigenvalue weighted by Gasteiger charge is -2.29. The second kappa shape index (κ2) is 6.96. The number of Topliss-reactive ketones (excluding diaryl/α,β-unsaturated/α-hetero) is 2. The SMILES string of the molecule is O=C1C(Sc2ccccn2)=C(C2CCCCC2)C(=O)c2ccccc21. The maximum absolute atomic E-state index is 13.2. The Morgan fingerprint density at radius 1 is 0.840 bits per heavy atom. The van der Waals surface area contributed by atoms with Gasteiger partial charge in [0.05, 0.1) is 4.91 Å². The molecular weight excluding hydrogens is 330 g/mol. The first-order valence-electron chi connectivity index (χ1n) is 8.77. The molecule has 0 N–H and O–H groups in total. The molecule has 2 aliphatic carbocycles. The third-order valence-electron chi connectivity index (χ3n) is 4.97. The van der Waals surface area contributed by atoms with Crippen molar-refractivity contribution in [3.63, 3.8) is 0 Å². The van der Waals surface area contributed by atoms with Gasteiger partial charge in [0, 0.05) is 22.9 Å². The summed E-state index contributed by atoms with van der Waals surface area (Å²) >= 11 is 1.34. The Labute approximate surface area is 151 Å². The average molecular weight is 349 g/mol. The van der Waals surface area contributed by atoms with Gasteiger partial charge in [0.2, 0.25) is 5.78 Å². The van der Waals surface area contributed by atoms with Crippen LogP contribution in [0.4, 0.5) is 0 Å². The largest absolute Gasteiger partial charge is 0.289 e. The predicted octanol–water partition coefficient (Wildman–Crippen LogP) is 5.09. The summed E-state index contributed by atoms with van der Waals surface area (Å²) in [5, 5.41) is 0.756. The minimum Gasteiger partial charge on any atom is -0.289 e. The number of hydrogen-bond donors (Lipinski definition) is 0. The van der Waals surface area contributed by atoms with Gasteiger partial charge in [-0.15, -0.1) is 0 Å². The van der Waals surface area contributed by atoms with Gasteiger partial charge in [-0.3, -0.25) is 9.59 Å². The minimum absolute atomic E-state index is 0.0283. The van der Waals surface area contributed by atoms with Crippen LogP contribution >= 0.6 is 11.8 Å². The van der Waals surface area contributed by atoms with Gasteiger partial charge in [-0.05, 0) is 30.9 Å². The fourth-order valence-electron chi connectivity index (χ4n) is 3.75. The van der Waals surface area contributed by atoms with E-state index < -0.39 is 0 Å². The molecule has 1 aromatic heterocycles. The number of thioether (sulfide) groups is 1. The van der Waals surface area contributed by atoms with Crippen molar-refractivity contribution >= 4 is 23.3 Å². The van der Waals surface area contributed by atoms with Crippen LogP contribution in [0.3, 0.4) is 0 Å². The lowest BCUT2D eigenvalue weighted by Crippen LogP contribution is -2.26. The molecule has 2 aliphatic rings. The maximum atomic E-state index is 13.2. The van der Waals surface area contributed by atoms with Crippen molar-refractivity contribution in [2.45, 2.75) is 37.1 Å². The Hall–Kier alpha value is -2.20. The van der Waals surface area contributed by atoms with Crippen LogP contribution in [0.25, 0.3) is 0 Å². The highest BCUT2D eigenvalue weighted by atomic mass is 32.2. The van der Waals surface area contributed by atoms with E-state index in [4.69, 9.17) is 0 Å². The van der Waals surface area contributed by atoms with E-state index in [0.717, 1.165) is 36.3 Å². The van der Waals surface area contributed by atoms with E-state index in [1.165, 1.54) is 18.2 Å². The van der Waals surface area contributed by atoms with Crippen molar-refractivity contribution in [2.75, 3.05) is 0 Å². The molecule has 0 spiro atoms. The first-order valence-corrected chi connectivity index (χ1v) is 9.59. The molecule has 25 heavy (non-hydrogen) atoms. The van der Waals surface area contributed by atoms with E-state index in [1.54, 1.807) is 18.3 Å². The van der Waals surface area contributed by atoms with Crippen molar-refractivity contribution in [1.82, 2.24) is 4.98 Å². The monoisotopic (exact) mass is 349 g/mol. The Balaban J connectivity index is 1.82. The van der Waals surface area contributed by atoms with Crippen LogP contribution < -0.4 is 0 Å². The number of hydrogen-bond acceptors (Lipinski definition) is 4. The number of fused-ring (bicyclic) bond motifs is 1. The van der Waals surface area contributed by atoms with Crippen molar-refractivity contribution in [3.05, 3.63) is 70.3 Å². The highest BCUT2D eigenvalue weighted by molar-refractivity contribution is 8.04. The summed E-state index contributed by atoms with van der Waals surface area (Å²) in [6.45, 7) is 0. The number of aromatic nitrogens is 1. The molecule has 0 radical (unpaired) electrons. The zero-order valence-corrected chi connectivity index (χ0v) is 14.7.